The fourth-order valence-corrected chi connectivity index (χ4v) is 9.73. The SMILES string of the molecule is CCC=CCC=CCC=CCC=CCC=CCC=CCCC(=O)SCCNC(=O)CCNC(=O)[C@H](O)C(C)(C)COP(=O)(O)OP(=O)(O)OC[C@H]1O[C@@H](n2cnc3c(N)ncnc32)[C@H](O)[C@@H]1OP(=O)(O)O. The van der Waals surface area contributed by atoms with Crippen LogP contribution in [0.3, 0.4) is 0 Å². The fraction of sp³-hybridized carbons (Fsp3) is 0.535. The van der Waals surface area contributed by atoms with Crippen LogP contribution in [0.4, 0.5) is 5.82 Å². The number of nitrogens with zero attached hydrogens (tertiary/aromatic N) is 4. The lowest BCUT2D eigenvalue weighted by Crippen LogP contribution is -2.46. The molecule has 2 aromatic rings. The number of nitrogens with one attached hydrogen (secondary N) is 2. The number of rotatable bonds is 33. The number of fused-ring (bicyclic) bond motifs is 1. The summed E-state index contributed by atoms with van der Waals surface area (Å²) in [5.74, 6) is -1.11. The summed E-state index contributed by atoms with van der Waals surface area (Å²) in [4.78, 5) is 88.4. The van der Waals surface area contributed by atoms with E-state index in [0.717, 1.165) is 67.5 Å². The van der Waals surface area contributed by atoms with Gasteiger partial charge in [-0.25, -0.2) is 28.6 Å². The highest BCUT2D eigenvalue weighted by Crippen LogP contribution is 2.61. The number of aromatic nitrogens is 4. The molecular formula is C43H66N7O17P3S. The molecule has 28 heteroatoms. The van der Waals surface area contributed by atoms with E-state index in [1.54, 1.807) is 0 Å². The quantitative estimate of drug-likeness (QED) is 0.0254. The zero-order chi connectivity index (χ0) is 52.5. The van der Waals surface area contributed by atoms with Gasteiger partial charge in [0.1, 0.15) is 36.3 Å². The van der Waals surface area contributed by atoms with Crippen molar-refractivity contribution in [2.24, 2.45) is 5.41 Å². The minimum Gasteiger partial charge on any atom is -0.386 e. The molecule has 1 aliphatic rings. The van der Waals surface area contributed by atoms with Crippen LogP contribution in [0.5, 0.6) is 0 Å². The topological polar surface area (TPSA) is 364 Å². The van der Waals surface area contributed by atoms with E-state index < -0.39 is 84.6 Å². The van der Waals surface area contributed by atoms with Crippen LogP contribution in [0, 0.1) is 5.41 Å². The van der Waals surface area contributed by atoms with Crippen molar-refractivity contribution in [2.45, 2.75) is 109 Å². The predicted molar refractivity (Wildman–Crippen MR) is 265 cm³/mol. The number of nitrogen functional groups attached to an aromatic ring is 1. The summed E-state index contributed by atoms with van der Waals surface area (Å²) in [6.45, 7) is 2.61. The molecule has 0 aliphatic carbocycles. The van der Waals surface area contributed by atoms with E-state index in [9.17, 15) is 57.9 Å². The minimum absolute atomic E-state index is 0.0179. The zero-order valence-corrected chi connectivity index (χ0v) is 43.2. The molecule has 0 aromatic carbocycles. The normalized spacial score (nSPS) is 20.3. The molecule has 2 unspecified atom stereocenters. The van der Waals surface area contributed by atoms with Crippen LogP contribution in [0.2, 0.25) is 0 Å². The van der Waals surface area contributed by atoms with E-state index in [1.165, 1.54) is 13.8 Å². The summed E-state index contributed by atoms with van der Waals surface area (Å²) in [5, 5.41) is 26.6. The lowest BCUT2D eigenvalue weighted by atomic mass is 9.87. The second-order valence-corrected chi connectivity index (χ2v) is 21.6. The number of hydrogen-bond acceptors (Lipinski definition) is 18. The Bertz CT molecular complexity index is 2360. The van der Waals surface area contributed by atoms with Gasteiger partial charge in [-0.05, 0) is 44.9 Å². The minimum atomic E-state index is -5.58. The Kier molecular flexibility index (Phi) is 26.7. The van der Waals surface area contributed by atoms with Gasteiger partial charge in [0.05, 0.1) is 19.5 Å². The fourth-order valence-electron chi connectivity index (χ4n) is 6.21. The number of imidazole rings is 1. The van der Waals surface area contributed by atoms with Crippen LogP contribution in [0.1, 0.15) is 84.8 Å². The molecule has 0 saturated carbocycles. The van der Waals surface area contributed by atoms with Gasteiger partial charge < -0.3 is 50.9 Å². The van der Waals surface area contributed by atoms with E-state index in [0.29, 0.717) is 18.6 Å². The number of amides is 2. The maximum Gasteiger partial charge on any atom is 0.481 e. The second-order valence-electron chi connectivity index (χ2n) is 16.2. The number of carbonyl (C=O) groups is 3. The highest BCUT2D eigenvalue weighted by molar-refractivity contribution is 8.13. The highest BCUT2D eigenvalue weighted by Gasteiger charge is 2.50. The van der Waals surface area contributed by atoms with Gasteiger partial charge in [0.25, 0.3) is 0 Å². The Balaban J connectivity index is 1.29. The van der Waals surface area contributed by atoms with Crippen molar-refractivity contribution in [1.82, 2.24) is 30.2 Å². The number of phosphoric ester groups is 3. The van der Waals surface area contributed by atoms with Gasteiger partial charge in [-0.1, -0.05) is 105 Å². The van der Waals surface area contributed by atoms with Crippen molar-refractivity contribution >= 4 is 69.1 Å². The molecule has 2 aromatic heterocycles. The Hall–Kier alpha value is -4.00. The molecule has 1 aliphatic heterocycles. The Morgan fingerprint density at radius 2 is 1.42 bits per heavy atom. The predicted octanol–water partition coefficient (Wildman–Crippen LogP) is 5.14. The number of carbonyl (C=O) groups excluding carboxylic acids is 3. The molecule has 0 radical (unpaired) electrons. The molecule has 7 atom stereocenters. The molecule has 24 nitrogen and oxygen atoms in total. The summed E-state index contributed by atoms with van der Waals surface area (Å²) in [6, 6.07) is 0. The number of hydrogen-bond donors (Lipinski definition) is 9. The molecule has 2 amide bonds. The van der Waals surface area contributed by atoms with Gasteiger partial charge in [-0.15, -0.1) is 0 Å². The molecule has 0 spiro atoms. The number of nitrogens with two attached hydrogens (primary N) is 1. The Morgan fingerprint density at radius 1 is 0.845 bits per heavy atom. The van der Waals surface area contributed by atoms with Crippen LogP contribution in [0.25, 0.3) is 11.2 Å². The molecule has 1 fully saturated rings. The summed E-state index contributed by atoms with van der Waals surface area (Å²) < 4.78 is 62.4. The van der Waals surface area contributed by atoms with Crippen molar-refractivity contribution < 1.29 is 80.5 Å². The van der Waals surface area contributed by atoms with Gasteiger partial charge in [0.15, 0.2) is 22.8 Å². The zero-order valence-electron chi connectivity index (χ0n) is 39.7. The van der Waals surface area contributed by atoms with Crippen LogP contribution in [0.15, 0.2) is 85.6 Å². The van der Waals surface area contributed by atoms with Crippen molar-refractivity contribution in [3.05, 3.63) is 85.6 Å². The Morgan fingerprint density at radius 3 is 2.01 bits per heavy atom. The molecular weight excluding hydrogens is 1010 g/mol. The number of thioether (sulfide) groups is 1. The van der Waals surface area contributed by atoms with Crippen LogP contribution in [-0.2, 0) is 50.7 Å². The number of allylic oxidation sites excluding steroid dienone is 12. The molecule has 3 heterocycles. The first kappa shape index (κ1) is 61.3. The van der Waals surface area contributed by atoms with Crippen LogP contribution < -0.4 is 16.4 Å². The van der Waals surface area contributed by atoms with Gasteiger partial charge in [0, 0.05) is 37.1 Å². The van der Waals surface area contributed by atoms with Gasteiger partial charge in [0.2, 0.25) is 11.8 Å². The number of aliphatic hydroxyl groups is 2. The maximum atomic E-state index is 12.7. The third-order valence-electron chi connectivity index (χ3n) is 9.88. The lowest BCUT2D eigenvalue weighted by molar-refractivity contribution is -0.137. The molecule has 10 N–H and O–H groups in total. The smallest absolute Gasteiger partial charge is 0.386 e. The Labute approximate surface area is 416 Å². The maximum absolute atomic E-state index is 12.7. The van der Waals surface area contributed by atoms with Gasteiger partial charge in [-0.3, -0.25) is 32.5 Å². The third-order valence-corrected chi connectivity index (χ3v) is 13.9. The van der Waals surface area contributed by atoms with Crippen molar-refractivity contribution in [2.75, 3.05) is 37.8 Å². The van der Waals surface area contributed by atoms with E-state index in [-0.39, 0.29) is 41.6 Å². The van der Waals surface area contributed by atoms with E-state index in [2.05, 4.69) is 102 Å². The molecule has 396 valence electrons. The van der Waals surface area contributed by atoms with Crippen LogP contribution in [-0.4, -0.2) is 123 Å². The molecule has 0 bridgehead atoms. The summed E-state index contributed by atoms with van der Waals surface area (Å²) in [5.41, 5.74) is 4.27. The first-order valence-corrected chi connectivity index (χ1v) is 28.0. The highest BCUT2D eigenvalue weighted by atomic mass is 32.2. The standard InChI is InChI=1S/C43H66N7O17P3S/c1-4-5-6-7-8-9-10-11-12-13-14-15-16-17-18-19-20-21-22-23-34(52)71-27-26-45-33(51)24-25-46-41(55)38(54)43(2,3)29-64-70(61,62)67-69(59,60)63-28-32-37(66-68(56,57)58)36(53)42(65-32)50-31-49-35-39(44)47-30-48-40(35)50/h5-6,8-9,11-12,14-15,17-18,20-21,30-32,36-38,42,53-54H,4,7,10,13,16,19,22-29H2,1-3H3,(H,45,51)(H,46,55)(H,59,60)(H,61,62)(H2,44,47,48)(H2,56,57,58)/t32-,36-,37-,38+,42-/m1/s1. The number of aliphatic hydroxyl groups excluding tert-OH is 2. The van der Waals surface area contributed by atoms with Crippen molar-refractivity contribution in [3.63, 3.8) is 0 Å². The molecule has 3 rings (SSSR count). The van der Waals surface area contributed by atoms with E-state index in [4.69, 9.17) is 19.5 Å². The third kappa shape index (κ3) is 23.6. The number of ether oxygens (including phenoxy) is 1. The number of anilines is 1. The van der Waals surface area contributed by atoms with E-state index in [1.807, 2.05) is 12.2 Å². The van der Waals surface area contributed by atoms with Gasteiger partial charge >= 0.3 is 23.5 Å². The summed E-state index contributed by atoms with van der Waals surface area (Å²) in [6.07, 6.45) is 24.9. The first-order valence-electron chi connectivity index (χ1n) is 22.5. The first-order chi connectivity index (χ1) is 33.6. The average molecular weight is 1080 g/mol. The largest absolute Gasteiger partial charge is 0.481 e. The molecule has 71 heavy (non-hydrogen) atoms. The van der Waals surface area contributed by atoms with Crippen molar-refractivity contribution in [3.8, 4) is 0 Å². The van der Waals surface area contributed by atoms with Crippen molar-refractivity contribution in [1.29, 1.82) is 0 Å². The van der Waals surface area contributed by atoms with E-state index >= 15 is 0 Å². The average Bonchev–Trinajstić information content (AvgIpc) is 3.86. The summed E-state index contributed by atoms with van der Waals surface area (Å²) >= 11 is 1.09. The number of phosphoric acid groups is 3. The van der Waals surface area contributed by atoms with Crippen LogP contribution >= 0.6 is 35.2 Å². The monoisotopic (exact) mass is 1080 g/mol. The van der Waals surface area contributed by atoms with Gasteiger partial charge in [-0.2, -0.15) is 4.31 Å². The summed E-state index contributed by atoms with van der Waals surface area (Å²) in [7, 11) is -16.4. The molecule has 1 saturated heterocycles. The second kappa shape index (κ2) is 30.9. The lowest BCUT2D eigenvalue weighted by Gasteiger charge is -2.30.